The maximum atomic E-state index is 11.5. The van der Waals surface area contributed by atoms with E-state index in [1.165, 1.54) is 18.2 Å². The Morgan fingerprint density at radius 3 is 2.93 bits per heavy atom. The van der Waals surface area contributed by atoms with E-state index >= 15 is 0 Å². The standard InChI is InChI=1S/C9H9N3O3/c1-11-5-6-4-7(12(14)15)2-3-8(6)9(13)10-11/h2-4H,5H2,1H3,(H,10,13). The first-order chi connectivity index (χ1) is 7.08. The van der Waals surface area contributed by atoms with Gasteiger partial charge >= 0.3 is 0 Å². The molecule has 1 aliphatic rings. The monoisotopic (exact) mass is 207 g/mol. The molecule has 6 nitrogen and oxygen atoms in total. The normalized spacial score (nSPS) is 15.7. The Morgan fingerprint density at radius 2 is 2.27 bits per heavy atom. The molecule has 1 aliphatic heterocycles. The topological polar surface area (TPSA) is 75.5 Å². The Kier molecular flexibility index (Phi) is 2.12. The van der Waals surface area contributed by atoms with Crippen LogP contribution < -0.4 is 5.43 Å². The van der Waals surface area contributed by atoms with Crippen molar-refractivity contribution in [2.45, 2.75) is 6.54 Å². The van der Waals surface area contributed by atoms with Crippen molar-refractivity contribution in [2.24, 2.45) is 0 Å². The summed E-state index contributed by atoms with van der Waals surface area (Å²) in [6.45, 7) is 0.475. The number of carbonyl (C=O) groups excluding carboxylic acids is 1. The van der Waals surface area contributed by atoms with Crippen molar-refractivity contribution in [1.29, 1.82) is 0 Å². The Hall–Kier alpha value is -1.95. The van der Waals surface area contributed by atoms with E-state index in [2.05, 4.69) is 5.43 Å². The predicted octanol–water partition coefficient (Wildman–Crippen LogP) is 0.685. The lowest BCUT2D eigenvalue weighted by Gasteiger charge is -2.24. The van der Waals surface area contributed by atoms with Gasteiger partial charge in [0.15, 0.2) is 0 Å². The molecule has 1 amide bonds. The second-order valence-electron chi connectivity index (χ2n) is 3.40. The molecular weight excluding hydrogens is 198 g/mol. The molecule has 0 saturated heterocycles. The molecule has 2 rings (SSSR count). The fraction of sp³-hybridized carbons (Fsp3) is 0.222. The van der Waals surface area contributed by atoms with E-state index in [0.717, 1.165) is 0 Å². The fourth-order valence-corrected chi connectivity index (χ4v) is 1.57. The third kappa shape index (κ3) is 1.66. The summed E-state index contributed by atoms with van der Waals surface area (Å²) in [4.78, 5) is 21.5. The van der Waals surface area contributed by atoms with Crippen LogP contribution in [-0.4, -0.2) is 22.9 Å². The highest BCUT2D eigenvalue weighted by atomic mass is 16.6. The lowest BCUT2D eigenvalue weighted by atomic mass is 10.0. The van der Waals surface area contributed by atoms with E-state index in [-0.39, 0.29) is 11.6 Å². The molecule has 0 aromatic heterocycles. The molecule has 1 aromatic carbocycles. The number of hydrogen-bond donors (Lipinski definition) is 1. The van der Waals surface area contributed by atoms with Gasteiger partial charge in [0.1, 0.15) is 0 Å². The van der Waals surface area contributed by atoms with E-state index in [4.69, 9.17) is 0 Å². The number of carbonyl (C=O) groups is 1. The molecule has 0 fully saturated rings. The van der Waals surface area contributed by atoms with Crippen LogP contribution >= 0.6 is 0 Å². The first-order valence-corrected chi connectivity index (χ1v) is 4.37. The Balaban J connectivity index is 2.48. The van der Waals surface area contributed by atoms with Crippen molar-refractivity contribution < 1.29 is 9.72 Å². The number of non-ortho nitro benzene ring substituents is 1. The van der Waals surface area contributed by atoms with Gasteiger partial charge in [-0.1, -0.05) is 0 Å². The minimum absolute atomic E-state index is 0.0110. The maximum absolute atomic E-state index is 11.5. The minimum Gasteiger partial charge on any atom is -0.285 e. The van der Waals surface area contributed by atoms with Crippen LogP contribution in [0.5, 0.6) is 0 Å². The summed E-state index contributed by atoms with van der Waals surface area (Å²) >= 11 is 0. The van der Waals surface area contributed by atoms with Gasteiger partial charge in [0.2, 0.25) is 0 Å². The highest BCUT2D eigenvalue weighted by Gasteiger charge is 2.22. The van der Waals surface area contributed by atoms with Crippen molar-refractivity contribution in [3.05, 3.63) is 39.4 Å². The summed E-state index contributed by atoms with van der Waals surface area (Å²) in [7, 11) is 1.71. The maximum Gasteiger partial charge on any atom is 0.269 e. The molecule has 1 heterocycles. The Labute approximate surface area is 85.6 Å². The molecule has 0 spiro atoms. The average Bonchev–Trinajstić information content (AvgIpc) is 2.16. The molecule has 1 N–H and O–H groups in total. The van der Waals surface area contributed by atoms with Crippen molar-refractivity contribution in [3.63, 3.8) is 0 Å². The molecule has 0 saturated carbocycles. The Morgan fingerprint density at radius 1 is 1.53 bits per heavy atom. The molecule has 0 bridgehead atoms. The van der Waals surface area contributed by atoms with Crippen LogP contribution in [0, 0.1) is 10.1 Å². The number of nitrogens with one attached hydrogen (secondary N) is 1. The summed E-state index contributed by atoms with van der Waals surface area (Å²) in [5.41, 5.74) is 3.79. The van der Waals surface area contributed by atoms with Gasteiger partial charge in [-0.15, -0.1) is 0 Å². The lowest BCUT2D eigenvalue weighted by molar-refractivity contribution is -0.384. The second-order valence-corrected chi connectivity index (χ2v) is 3.40. The first kappa shape index (κ1) is 9.60. The molecule has 78 valence electrons. The predicted molar refractivity (Wildman–Crippen MR) is 52.0 cm³/mol. The molecular formula is C9H9N3O3. The van der Waals surface area contributed by atoms with Crippen LogP contribution in [0.25, 0.3) is 0 Å². The lowest BCUT2D eigenvalue weighted by Crippen LogP contribution is -2.43. The SMILES string of the molecule is CN1Cc2cc([N+](=O)[O-])ccc2C(=O)N1. The number of rotatable bonds is 1. The zero-order valence-electron chi connectivity index (χ0n) is 8.06. The zero-order chi connectivity index (χ0) is 11.0. The van der Waals surface area contributed by atoms with Crippen LogP contribution in [0.4, 0.5) is 5.69 Å². The number of nitro groups is 1. The van der Waals surface area contributed by atoms with Gasteiger partial charge in [-0.05, 0) is 11.6 Å². The third-order valence-electron chi connectivity index (χ3n) is 2.24. The molecule has 1 aromatic rings. The molecule has 6 heteroatoms. The van der Waals surface area contributed by atoms with Gasteiger partial charge in [0.25, 0.3) is 11.6 Å². The van der Waals surface area contributed by atoms with Gasteiger partial charge in [0, 0.05) is 31.3 Å². The molecule has 15 heavy (non-hydrogen) atoms. The van der Waals surface area contributed by atoms with Crippen molar-refractivity contribution in [1.82, 2.24) is 10.4 Å². The summed E-state index contributed by atoms with van der Waals surface area (Å²) < 4.78 is 0. The minimum atomic E-state index is -0.465. The first-order valence-electron chi connectivity index (χ1n) is 4.37. The molecule has 0 unspecified atom stereocenters. The van der Waals surface area contributed by atoms with Crippen LogP contribution in [0.1, 0.15) is 15.9 Å². The highest BCUT2D eigenvalue weighted by Crippen LogP contribution is 2.21. The number of hydrogen-bond acceptors (Lipinski definition) is 4. The fourth-order valence-electron chi connectivity index (χ4n) is 1.57. The number of hydrazine groups is 1. The van der Waals surface area contributed by atoms with Crippen molar-refractivity contribution >= 4 is 11.6 Å². The van der Waals surface area contributed by atoms with E-state index in [9.17, 15) is 14.9 Å². The van der Waals surface area contributed by atoms with Crippen LogP contribution in [0.3, 0.4) is 0 Å². The number of benzene rings is 1. The average molecular weight is 207 g/mol. The number of amides is 1. The molecule has 0 atom stereocenters. The second kappa shape index (κ2) is 3.32. The zero-order valence-corrected chi connectivity index (χ0v) is 8.06. The number of nitrogens with zero attached hydrogens (tertiary/aromatic N) is 2. The van der Waals surface area contributed by atoms with Crippen LogP contribution in [0.2, 0.25) is 0 Å². The van der Waals surface area contributed by atoms with Crippen molar-refractivity contribution in [2.75, 3.05) is 7.05 Å². The number of nitro benzene ring substituents is 1. The van der Waals surface area contributed by atoms with Gasteiger partial charge < -0.3 is 0 Å². The van der Waals surface area contributed by atoms with Crippen LogP contribution in [-0.2, 0) is 6.54 Å². The number of fused-ring (bicyclic) bond motifs is 1. The van der Waals surface area contributed by atoms with E-state index < -0.39 is 4.92 Å². The van der Waals surface area contributed by atoms with Crippen molar-refractivity contribution in [3.8, 4) is 0 Å². The smallest absolute Gasteiger partial charge is 0.269 e. The summed E-state index contributed by atoms with van der Waals surface area (Å²) in [6, 6.07) is 4.25. The van der Waals surface area contributed by atoms with E-state index in [0.29, 0.717) is 17.7 Å². The van der Waals surface area contributed by atoms with Crippen LogP contribution in [0.15, 0.2) is 18.2 Å². The van der Waals surface area contributed by atoms with Gasteiger partial charge in [-0.3, -0.25) is 20.3 Å². The third-order valence-corrected chi connectivity index (χ3v) is 2.24. The van der Waals surface area contributed by atoms with Gasteiger partial charge in [-0.2, -0.15) is 0 Å². The van der Waals surface area contributed by atoms with E-state index in [1.807, 2.05) is 0 Å². The summed E-state index contributed by atoms with van der Waals surface area (Å²) in [5.74, 6) is -0.228. The Bertz CT molecular complexity index is 444. The summed E-state index contributed by atoms with van der Waals surface area (Å²) in [6.07, 6.45) is 0. The van der Waals surface area contributed by atoms with Gasteiger partial charge in [0.05, 0.1) is 4.92 Å². The summed E-state index contributed by atoms with van der Waals surface area (Å²) in [5, 5.41) is 12.1. The largest absolute Gasteiger partial charge is 0.285 e. The quantitative estimate of drug-likeness (QED) is 0.542. The molecule has 0 aliphatic carbocycles. The van der Waals surface area contributed by atoms with Gasteiger partial charge in [-0.25, -0.2) is 5.01 Å². The molecule has 0 radical (unpaired) electrons. The van der Waals surface area contributed by atoms with E-state index in [1.54, 1.807) is 12.1 Å². The highest BCUT2D eigenvalue weighted by molar-refractivity contribution is 5.96.